The largest absolute Gasteiger partial charge is 0.399 e. The van der Waals surface area contributed by atoms with Crippen molar-refractivity contribution in [2.75, 3.05) is 18.9 Å². The Morgan fingerprint density at radius 2 is 1.86 bits per heavy atom. The van der Waals surface area contributed by atoms with Crippen molar-refractivity contribution in [2.24, 2.45) is 10.7 Å². The second-order valence-corrected chi connectivity index (χ2v) is 4.59. The van der Waals surface area contributed by atoms with Gasteiger partial charge in [-0.2, -0.15) is 0 Å². The van der Waals surface area contributed by atoms with Crippen molar-refractivity contribution in [3.05, 3.63) is 29.1 Å². The maximum absolute atomic E-state index is 14.2. The van der Waals surface area contributed by atoms with Crippen LogP contribution in [0.2, 0.25) is 0 Å². The highest BCUT2D eigenvalue weighted by Crippen LogP contribution is 2.40. The molecule has 4 N–H and O–H groups in total. The van der Waals surface area contributed by atoms with Gasteiger partial charge in [-0.1, -0.05) is 0 Å². The van der Waals surface area contributed by atoms with Crippen LogP contribution in [0, 0.1) is 5.82 Å². The van der Waals surface area contributed by atoms with Crippen molar-refractivity contribution in [1.82, 2.24) is 0 Å². The van der Waals surface area contributed by atoms with E-state index in [1.807, 2.05) is 0 Å². The SMILES string of the molecule is NC1=N[C@@](c2cc(N)cc(C(F)F)c2F)(C(F)F)COC1. The van der Waals surface area contributed by atoms with E-state index < -0.39 is 41.9 Å². The van der Waals surface area contributed by atoms with E-state index in [1.54, 1.807) is 0 Å². The van der Waals surface area contributed by atoms with Gasteiger partial charge in [0.1, 0.15) is 18.3 Å². The van der Waals surface area contributed by atoms with Gasteiger partial charge in [0.25, 0.3) is 12.9 Å². The minimum Gasteiger partial charge on any atom is -0.399 e. The lowest BCUT2D eigenvalue weighted by Crippen LogP contribution is -2.45. The number of hydrogen-bond donors (Lipinski definition) is 2. The van der Waals surface area contributed by atoms with E-state index in [1.165, 1.54) is 0 Å². The third-order valence-electron chi connectivity index (χ3n) is 3.10. The molecule has 116 valence electrons. The van der Waals surface area contributed by atoms with Crippen LogP contribution < -0.4 is 11.5 Å². The summed E-state index contributed by atoms with van der Waals surface area (Å²) in [5, 5.41) is 0. The van der Waals surface area contributed by atoms with Gasteiger partial charge >= 0.3 is 0 Å². The topological polar surface area (TPSA) is 73.6 Å². The first-order valence-electron chi connectivity index (χ1n) is 5.85. The maximum atomic E-state index is 14.2. The molecule has 1 heterocycles. The van der Waals surface area contributed by atoms with Gasteiger partial charge in [0.15, 0.2) is 5.54 Å². The monoisotopic (exact) mass is 309 g/mol. The molecule has 0 fully saturated rings. The van der Waals surface area contributed by atoms with Crippen LogP contribution in [0.1, 0.15) is 17.6 Å². The number of anilines is 1. The van der Waals surface area contributed by atoms with Crippen molar-refractivity contribution in [3.8, 4) is 0 Å². The summed E-state index contributed by atoms with van der Waals surface area (Å²) in [6.45, 7) is -0.880. The Kier molecular flexibility index (Phi) is 4.04. The lowest BCUT2D eigenvalue weighted by molar-refractivity contribution is -0.0149. The minimum atomic E-state index is -3.21. The molecule has 0 aliphatic carbocycles. The number of halogens is 5. The van der Waals surface area contributed by atoms with Gasteiger partial charge in [0.2, 0.25) is 0 Å². The molecule has 0 unspecified atom stereocenters. The lowest BCUT2D eigenvalue weighted by Gasteiger charge is -2.33. The summed E-state index contributed by atoms with van der Waals surface area (Å²) in [5.41, 5.74) is 6.19. The molecular formula is C12H12F5N3O. The van der Waals surface area contributed by atoms with Crippen LogP contribution in [0.5, 0.6) is 0 Å². The van der Waals surface area contributed by atoms with Gasteiger partial charge in [0.05, 0.1) is 12.2 Å². The Morgan fingerprint density at radius 3 is 2.38 bits per heavy atom. The van der Waals surface area contributed by atoms with Crippen LogP contribution in [0.15, 0.2) is 17.1 Å². The quantitative estimate of drug-likeness (QED) is 0.664. The van der Waals surface area contributed by atoms with Gasteiger partial charge in [0, 0.05) is 11.3 Å². The molecule has 0 saturated carbocycles. The number of nitrogen functional groups attached to an aromatic ring is 1. The van der Waals surface area contributed by atoms with E-state index in [9.17, 15) is 22.0 Å². The summed E-state index contributed by atoms with van der Waals surface area (Å²) in [6.07, 6.45) is -6.41. The second-order valence-electron chi connectivity index (χ2n) is 4.59. The molecule has 0 bridgehead atoms. The third kappa shape index (κ3) is 2.65. The molecule has 1 atom stereocenters. The zero-order chi connectivity index (χ0) is 15.8. The van der Waals surface area contributed by atoms with Gasteiger partial charge in [-0.15, -0.1) is 0 Å². The predicted octanol–water partition coefficient (Wildman–Crippen LogP) is 2.19. The average molecular weight is 309 g/mol. The summed E-state index contributed by atoms with van der Waals surface area (Å²) in [4.78, 5) is 3.56. The maximum Gasteiger partial charge on any atom is 0.269 e. The van der Waals surface area contributed by atoms with E-state index >= 15 is 0 Å². The number of alkyl halides is 4. The first-order chi connectivity index (χ1) is 9.78. The average Bonchev–Trinajstić information content (AvgIpc) is 2.40. The zero-order valence-electron chi connectivity index (χ0n) is 10.6. The van der Waals surface area contributed by atoms with Crippen molar-refractivity contribution in [3.63, 3.8) is 0 Å². The normalized spacial score (nSPS) is 22.7. The van der Waals surface area contributed by atoms with Crippen LogP contribution in [0.4, 0.5) is 27.6 Å². The van der Waals surface area contributed by atoms with E-state index in [0.29, 0.717) is 6.07 Å². The van der Waals surface area contributed by atoms with E-state index in [2.05, 4.69) is 4.99 Å². The standard InChI is InChI=1S/C12H12F5N3O/c13-9-6(10(14)15)1-5(18)2-7(9)12(11(16)17)4-21-3-8(19)20-12/h1-2,10-11H,3-4,18H2,(H2,19,20)/t12-/m0/s1. The number of ether oxygens (including phenoxy) is 1. The van der Waals surface area contributed by atoms with Gasteiger partial charge in [-0.05, 0) is 12.1 Å². The van der Waals surface area contributed by atoms with Crippen LogP contribution in [-0.2, 0) is 10.3 Å². The van der Waals surface area contributed by atoms with Crippen molar-refractivity contribution in [1.29, 1.82) is 0 Å². The van der Waals surface area contributed by atoms with Crippen LogP contribution in [0.25, 0.3) is 0 Å². The lowest BCUT2D eigenvalue weighted by atomic mass is 9.88. The van der Waals surface area contributed by atoms with Gasteiger partial charge in [-0.3, -0.25) is 4.99 Å². The molecule has 9 heteroatoms. The molecule has 21 heavy (non-hydrogen) atoms. The Hall–Kier alpha value is -1.90. The highest BCUT2D eigenvalue weighted by molar-refractivity contribution is 5.82. The van der Waals surface area contributed by atoms with Crippen molar-refractivity contribution >= 4 is 11.5 Å². The highest BCUT2D eigenvalue weighted by Gasteiger charge is 2.47. The molecule has 0 aromatic heterocycles. The van der Waals surface area contributed by atoms with Crippen molar-refractivity contribution < 1.29 is 26.7 Å². The fourth-order valence-electron chi connectivity index (χ4n) is 2.14. The minimum absolute atomic E-state index is 0.194. The Labute approximate surface area is 116 Å². The summed E-state index contributed by atoms with van der Waals surface area (Å²) in [6, 6.07) is 1.54. The Morgan fingerprint density at radius 1 is 1.19 bits per heavy atom. The fourth-order valence-corrected chi connectivity index (χ4v) is 2.14. The molecule has 0 radical (unpaired) electrons. The number of nitrogens with two attached hydrogens (primary N) is 2. The van der Waals surface area contributed by atoms with Crippen LogP contribution in [-0.4, -0.2) is 25.5 Å². The Bertz CT molecular complexity index is 578. The summed E-state index contributed by atoms with van der Waals surface area (Å²) < 4.78 is 71.5. The Balaban J connectivity index is 2.70. The number of benzene rings is 1. The van der Waals surface area contributed by atoms with Crippen molar-refractivity contribution in [2.45, 2.75) is 18.4 Å². The molecule has 0 spiro atoms. The number of nitrogens with zero attached hydrogens (tertiary/aromatic N) is 1. The first-order valence-corrected chi connectivity index (χ1v) is 5.85. The van der Waals surface area contributed by atoms with Crippen LogP contribution in [0.3, 0.4) is 0 Å². The predicted molar refractivity (Wildman–Crippen MR) is 65.9 cm³/mol. The number of aliphatic imine (C=N–C) groups is 1. The molecule has 1 aromatic rings. The highest BCUT2D eigenvalue weighted by atomic mass is 19.3. The summed E-state index contributed by atoms with van der Waals surface area (Å²) in [5.74, 6) is -1.76. The molecule has 1 aromatic carbocycles. The smallest absolute Gasteiger partial charge is 0.269 e. The molecular weight excluding hydrogens is 297 g/mol. The van der Waals surface area contributed by atoms with Gasteiger partial charge in [-0.25, -0.2) is 22.0 Å². The van der Waals surface area contributed by atoms with E-state index in [4.69, 9.17) is 16.2 Å². The first kappa shape index (κ1) is 15.5. The third-order valence-corrected chi connectivity index (χ3v) is 3.10. The fraction of sp³-hybridized carbons (Fsp3) is 0.417. The number of rotatable bonds is 3. The molecule has 2 rings (SSSR count). The summed E-state index contributed by atoms with van der Waals surface area (Å²) >= 11 is 0. The van der Waals surface area contributed by atoms with E-state index in [-0.39, 0.29) is 18.1 Å². The molecule has 1 aliphatic heterocycles. The summed E-state index contributed by atoms with van der Waals surface area (Å²) in [7, 11) is 0. The van der Waals surface area contributed by atoms with Crippen LogP contribution >= 0.6 is 0 Å². The zero-order valence-corrected chi connectivity index (χ0v) is 10.6. The number of amidine groups is 1. The molecule has 1 aliphatic rings. The van der Waals surface area contributed by atoms with E-state index in [0.717, 1.165) is 6.07 Å². The molecule has 4 nitrogen and oxygen atoms in total. The van der Waals surface area contributed by atoms with Gasteiger partial charge < -0.3 is 16.2 Å². The molecule has 0 saturated heterocycles. The second kappa shape index (κ2) is 5.47. The molecule has 0 amide bonds. The number of hydrogen-bond acceptors (Lipinski definition) is 4.